The van der Waals surface area contributed by atoms with Crippen LogP contribution in [0.4, 0.5) is 8.78 Å². The van der Waals surface area contributed by atoms with Crippen molar-refractivity contribution in [1.29, 1.82) is 0 Å². The van der Waals surface area contributed by atoms with E-state index in [0.29, 0.717) is 6.54 Å². The van der Waals surface area contributed by atoms with E-state index in [1.807, 2.05) is 18.2 Å². The van der Waals surface area contributed by atoms with E-state index in [0.717, 1.165) is 35.1 Å². The second-order valence-corrected chi connectivity index (χ2v) is 9.27. The maximum absolute atomic E-state index is 13.8. The molecule has 0 fully saturated rings. The van der Waals surface area contributed by atoms with Gasteiger partial charge in [-0.3, -0.25) is 19.3 Å². The molecule has 0 bridgehead atoms. The van der Waals surface area contributed by atoms with Crippen LogP contribution in [0.15, 0.2) is 66.7 Å². The first-order chi connectivity index (χ1) is 18.2. The number of benzene rings is 3. The Bertz CT molecular complexity index is 1290. The number of carbonyl (C=O) groups is 3. The molecule has 2 unspecified atom stereocenters. The average molecular weight is 522 g/mol. The topological polar surface area (TPSA) is 98.7 Å². The molecule has 0 radical (unpaired) electrons. The molecule has 1 aliphatic rings. The first-order valence-corrected chi connectivity index (χ1v) is 12.4. The molecule has 0 spiro atoms. The summed E-state index contributed by atoms with van der Waals surface area (Å²) in [5.74, 6) is -3.41. The molecule has 7 nitrogen and oxygen atoms in total. The first kappa shape index (κ1) is 27.1. The number of amides is 3. The second kappa shape index (κ2) is 12.1. The van der Waals surface area contributed by atoms with Crippen molar-refractivity contribution in [1.82, 2.24) is 15.5 Å². The Hall–Kier alpha value is -3.95. The summed E-state index contributed by atoms with van der Waals surface area (Å²) >= 11 is 0. The lowest BCUT2D eigenvalue weighted by atomic mass is 10.0. The highest BCUT2D eigenvalue weighted by atomic mass is 19.1. The number of hydrogen-bond acceptors (Lipinski definition) is 5. The van der Waals surface area contributed by atoms with Crippen LogP contribution in [0.3, 0.4) is 0 Å². The van der Waals surface area contributed by atoms with Crippen molar-refractivity contribution in [3.63, 3.8) is 0 Å². The monoisotopic (exact) mass is 521 g/mol. The van der Waals surface area contributed by atoms with Gasteiger partial charge in [0.25, 0.3) is 11.8 Å². The smallest absolute Gasteiger partial charge is 0.262 e. The number of hydrogen-bond donors (Lipinski definition) is 3. The molecule has 3 aromatic rings. The normalized spacial score (nSPS) is 14.4. The fraction of sp³-hybridized carbons (Fsp3) is 0.276. The number of halogens is 2. The van der Waals surface area contributed by atoms with Crippen LogP contribution in [0.2, 0.25) is 0 Å². The summed E-state index contributed by atoms with van der Waals surface area (Å²) in [6.07, 6.45) is -0.319. The molecule has 4 rings (SSSR count). The lowest BCUT2D eigenvalue weighted by Crippen LogP contribution is -2.51. The number of imide groups is 1. The number of carbonyl (C=O) groups excluding carboxylic acids is 3. The van der Waals surface area contributed by atoms with Gasteiger partial charge in [-0.2, -0.15) is 0 Å². The third-order valence-corrected chi connectivity index (χ3v) is 6.45. The van der Waals surface area contributed by atoms with Crippen molar-refractivity contribution in [2.75, 3.05) is 13.1 Å². The van der Waals surface area contributed by atoms with Crippen molar-refractivity contribution in [3.05, 3.63) is 106 Å². The predicted molar refractivity (Wildman–Crippen MR) is 137 cm³/mol. The van der Waals surface area contributed by atoms with Crippen molar-refractivity contribution in [2.45, 2.75) is 38.5 Å². The number of nitrogens with zero attached hydrogens (tertiary/aromatic N) is 1. The van der Waals surface area contributed by atoms with E-state index in [1.165, 1.54) is 17.7 Å². The van der Waals surface area contributed by atoms with Crippen LogP contribution in [-0.4, -0.2) is 53.0 Å². The molecule has 3 aromatic carbocycles. The molecule has 3 N–H and O–H groups in total. The SMILES string of the molecule is CCc1cccc(CNCC(O)C(Cc2cc(F)cc(F)c2)NC(=O)CN2C(=O)c3ccccc3C2=O)c1. The molecular formula is C29H29F2N3O4. The Kier molecular flexibility index (Phi) is 8.60. The lowest BCUT2D eigenvalue weighted by Gasteiger charge is -2.26. The van der Waals surface area contributed by atoms with Crippen LogP contribution in [0.5, 0.6) is 0 Å². The molecule has 0 aliphatic carbocycles. The van der Waals surface area contributed by atoms with Crippen molar-refractivity contribution in [3.8, 4) is 0 Å². The summed E-state index contributed by atoms with van der Waals surface area (Å²) < 4.78 is 27.6. The fourth-order valence-electron chi connectivity index (χ4n) is 4.51. The highest BCUT2D eigenvalue weighted by molar-refractivity contribution is 6.22. The van der Waals surface area contributed by atoms with E-state index in [9.17, 15) is 28.3 Å². The number of fused-ring (bicyclic) bond motifs is 1. The summed E-state index contributed by atoms with van der Waals surface area (Å²) in [6.45, 7) is 2.05. The van der Waals surface area contributed by atoms with Crippen LogP contribution in [0.25, 0.3) is 0 Å². The molecule has 1 aliphatic heterocycles. The van der Waals surface area contributed by atoms with Gasteiger partial charge in [0, 0.05) is 19.2 Å². The number of nitrogens with one attached hydrogen (secondary N) is 2. The van der Waals surface area contributed by atoms with Crippen LogP contribution in [-0.2, 0) is 24.2 Å². The maximum Gasteiger partial charge on any atom is 0.262 e. The Labute approximate surface area is 219 Å². The quantitative estimate of drug-likeness (QED) is 0.337. The molecule has 0 saturated heterocycles. The summed E-state index contributed by atoms with van der Waals surface area (Å²) in [7, 11) is 0. The highest BCUT2D eigenvalue weighted by Crippen LogP contribution is 2.22. The zero-order valence-corrected chi connectivity index (χ0v) is 20.9. The van der Waals surface area contributed by atoms with E-state index < -0.39 is 48.0 Å². The van der Waals surface area contributed by atoms with Crippen LogP contribution >= 0.6 is 0 Å². The minimum Gasteiger partial charge on any atom is -0.390 e. The van der Waals surface area contributed by atoms with Crippen molar-refractivity contribution >= 4 is 17.7 Å². The molecule has 2 atom stereocenters. The van der Waals surface area contributed by atoms with Gasteiger partial charge in [0.05, 0.1) is 23.3 Å². The Balaban J connectivity index is 1.44. The third-order valence-electron chi connectivity index (χ3n) is 6.45. The molecule has 3 amide bonds. The fourth-order valence-corrected chi connectivity index (χ4v) is 4.51. The lowest BCUT2D eigenvalue weighted by molar-refractivity contribution is -0.123. The van der Waals surface area contributed by atoms with Gasteiger partial charge in [-0.05, 0) is 53.8 Å². The minimum atomic E-state index is -1.14. The zero-order chi connectivity index (χ0) is 27.2. The van der Waals surface area contributed by atoms with E-state index in [2.05, 4.69) is 23.6 Å². The summed E-state index contributed by atoms with van der Waals surface area (Å²) in [5.41, 5.74) is 2.87. The van der Waals surface area contributed by atoms with Crippen molar-refractivity contribution < 1.29 is 28.3 Å². The summed E-state index contributed by atoms with van der Waals surface area (Å²) in [4.78, 5) is 39.0. The minimum absolute atomic E-state index is 0.0727. The number of aryl methyl sites for hydroxylation is 1. The standard InChI is InChI=1S/C29H29F2N3O4/c1-2-18-6-5-7-19(10-18)15-32-16-26(35)25(13-20-11-21(30)14-22(31)12-20)33-27(36)17-34-28(37)23-8-3-4-9-24(23)29(34)38/h3-12,14,25-26,32,35H,2,13,15-17H2,1H3,(H,33,36). The number of aliphatic hydroxyl groups excluding tert-OH is 1. The van der Waals surface area contributed by atoms with Gasteiger partial charge in [-0.25, -0.2) is 8.78 Å². The molecule has 198 valence electrons. The maximum atomic E-state index is 13.8. The largest absolute Gasteiger partial charge is 0.390 e. The van der Waals surface area contributed by atoms with Gasteiger partial charge >= 0.3 is 0 Å². The number of aliphatic hydroxyl groups is 1. The first-order valence-electron chi connectivity index (χ1n) is 12.4. The summed E-state index contributed by atoms with van der Waals surface area (Å²) in [5, 5.41) is 16.7. The van der Waals surface area contributed by atoms with E-state index in [-0.39, 0.29) is 29.7 Å². The van der Waals surface area contributed by atoms with Gasteiger partial charge in [-0.1, -0.05) is 43.3 Å². The van der Waals surface area contributed by atoms with Gasteiger partial charge in [0.2, 0.25) is 5.91 Å². The van der Waals surface area contributed by atoms with Crippen LogP contribution in [0.1, 0.15) is 44.3 Å². The van der Waals surface area contributed by atoms with Crippen LogP contribution < -0.4 is 10.6 Å². The van der Waals surface area contributed by atoms with Crippen molar-refractivity contribution in [2.24, 2.45) is 0 Å². The number of rotatable bonds is 11. The third kappa shape index (κ3) is 6.48. The zero-order valence-electron chi connectivity index (χ0n) is 20.9. The van der Waals surface area contributed by atoms with Gasteiger partial charge in [0.1, 0.15) is 18.2 Å². The molecule has 0 aromatic heterocycles. The molecule has 0 saturated carbocycles. The highest BCUT2D eigenvalue weighted by Gasteiger charge is 2.36. The Morgan fingerprint density at radius 2 is 1.53 bits per heavy atom. The van der Waals surface area contributed by atoms with E-state index in [1.54, 1.807) is 12.1 Å². The van der Waals surface area contributed by atoms with Gasteiger partial charge < -0.3 is 15.7 Å². The Morgan fingerprint density at radius 3 is 2.16 bits per heavy atom. The van der Waals surface area contributed by atoms with Gasteiger partial charge in [0.15, 0.2) is 0 Å². The average Bonchev–Trinajstić information content (AvgIpc) is 3.12. The molecular weight excluding hydrogens is 492 g/mol. The molecule has 38 heavy (non-hydrogen) atoms. The molecule has 1 heterocycles. The van der Waals surface area contributed by atoms with Crippen LogP contribution in [0, 0.1) is 11.6 Å². The van der Waals surface area contributed by atoms with E-state index >= 15 is 0 Å². The molecule has 9 heteroatoms. The summed E-state index contributed by atoms with van der Waals surface area (Å²) in [6, 6.07) is 16.3. The van der Waals surface area contributed by atoms with Gasteiger partial charge in [-0.15, -0.1) is 0 Å². The second-order valence-electron chi connectivity index (χ2n) is 9.27. The predicted octanol–water partition coefficient (Wildman–Crippen LogP) is 3.00. The Morgan fingerprint density at radius 1 is 0.895 bits per heavy atom. The van der Waals surface area contributed by atoms with E-state index in [4.69, 9.17) is 0 Å².